The van der Waals surface area contributed by atoms with Gasteiger partial charge in [0.2, 0.25) is 0 Å². The molecular formula is C18H31IN4O2. The van der Waals surface area contributed by atoms with Gasteiger partial charge in [0, 0.05) is 39.8 Å². The van der Waals surface area contributed by atoms with Gasteiger partial charge in [-0.05, 0) is 24.1 Å². The van der Waals surface area contributed by atoms with Gasteiger partial charge in [-0.3, -0.25) is 9.89 Å². The summed E-state index contributed by atoms with van der Waals surface area (Å²) in [6.07, 6.45) is 1.02. The maximum Gasteiger partial charge on any atom is 0.191 e. The monoisotopic (exact) mass is 462 g/mol. The van der Waals surface area contributed by atoms with E-state index in [0.717, 1.165) is 70.7 Å². The van der Waals surface area contributed by atoms with Crippen LogP contribution in [-0.2, 0) is 11.3 Å². The molecule has 6 nitrogen and oxygen atoms in total. The number of benzene rings is 1. The van der Waals surface area contributed by atoms with Crippen LogP contribution in [0.2, 0.25) is 0 Å². The molecule has 1 heterocycles. The van der Waals surface area contributed by atoms with Crippen LogP contribution in [0.1, 0.15) is 18.9 Å². The zero-order valence-electron chi connectivity index (χ0n) is 15.3. The van der Waals surface area contributed by atoms with Gasteiger partial charge in [0.15, 0.2) is 5.96 Å². The Labute approximate surface area is 168 Å². The number of hydrogen-bond acceptors (Lipinski definition) is 4. The van der Waals surface area contributed by atoms with Crippen LogP contribution < -0.4 is 15.4 Å². The molecular weight excluding hydrogens is 431 g/mol. The highest BCUT2D eigenvalue weighted by atomic mass is 127. The number of guanidine groups is 1. The Morgan fingerprint density at radius 3 is 2.80 bits per heavy atom. The number of halogens is 1. The highest BCUT2D eigenvalue weighted by Crippen LogP contribution is 2.13. The Bertz CT molecular complexity index is 508. The Balaban J connectivity index is 0.00000312. The summed E-state index contributed by atoms with van der Waals surface area (Å²) < 4.78 is 11.0. The number of ether oxygens (including phenoxy) is 2. The fourth-order valence-electron chi connectivity index (χ4n) is 2.53. The van der Waals surface area contributed by atoms with Crippen molar-refractivity contribution in [2.24, 2.45) is 4.99 Å². The SMILES string of the molecule is CCCOc1cccc(CNC(=NC)NCCN2CCOCC2)c1.I. The summed E-state index contributed by atoms with van der Waals surface area (Å²) in [5.74, 6) is 1.74. The van der Waals surface area contributed by atoms with E-state index in [1.54, 1.807) is 7.05 Å². The predicted octanol–water partition coefficient (Wildman–Crippen LogP) is 2.09. The average Bonchev–Trinajstić information content (AvgIpc) is 2.64. The van der Waals surface area contributed by atoms with Crippen LogP contribution in [0.5, 0.6) is 5.75 Å². The smallest absolute Gasteiger partial charge is 0.191 e. The molecule has 1 fully saturated rings. The zero-order chi connectivity index (χ0) is 17.0. The molecule has 142 valence electrons. The third-order valence-electron chi connectivity index (χ3n) is 3.88. The number of nitrogens with one attached hydrogen (secondary N) is 2. The van der Waals surface area contributed by atoms with Gasteiger partial charge in [0.1, 0.15) is 5.75 Å². The number of aliphatic imine (C=N–C) groups is 1. The minimum atomic E-state index is 0. The molecule has 7 heteroatoms. The molecule has 0 amide bonds. The quantitative estimate of drug-likeness (QED) is 0.352. The number of rotatable bonds is 8. The van der Waals surface area contributed by atoms with Crippen LogP contribution in [0.15, 0.2) is 29.3 Å². The summed E-state index contributed by atoms with van der Waals surface area (Å²) in [5, 5.41) is 6.71. The van der Waals surface area contributed by atoms with Crippen LogP contribution >= 0.6 is 24.0 Å². The molecule has 25 heavy (non-hydrogen) atoms. The van der Waals surface area contributed by atoms with E-state index in [-0.39, 0.29) is 24.0 Å². The first-order valence-corrected chi connectivity index (χ1v) is 8.78. The highest BCUT2D eigenvalue weighted by Gasteiger charge is 2.09. The third kappa shape index (κ3) is 8.73. The van der Waals surface area contributed by atoms with Crippen molar-refractivity contribution in [3.8, 4) is 5.75 Å². The Hall–Kier alpha value is -1.06. The average molecular weight is 462 g/mol. The number of nitrogens with zero attached hydrogens (tertiary/aromatic N) is 2. The van der Waals surface area contributed by atoms with Gasteiger partial charge >= 0.3 is 0 Å². The van der Waals surface area contributed by atoms with Gasteiger partial charge in [-0.15, -0.1) is 24.0 Å². The van der Waals surface area contributed by atoms with Crippen molar-refractivity contribution in [3.05, 3.63) is 29.8 Å². The molecule has 0 spiro atoms. The lowest BCUT2D eigenvalue weighted by atomic mass is 10.2. The van der Waals surface area contributed by atoms with E-state index in [1.165, 1.54) is 5.56 Å². The molecule has 0 aliphatic carbocycles. The maximum atomic E-state index is 5.67. The minimum absolute atomic E-state index is 0. The fraction of sp³-hybridized carbons (Fsp3) is 0.611. The molecule has 1 aromatic carbocycles. The van der Waals surface area contributed by atoms with Crippen LogP contribution in [0.3, 0.4) is 0 Å². The Kier molecular flexibility index (Phi) is 11.6. The summed E-state index contributed by atoms with van der Waals surface area (Å²) in [4.78, 5) is 6.68. The lowest BCUT2D eigenvalue weighted by molar-refractivity contribution is 0.0389. The number of hydrogen-bond donors (Lipinski definition) is 2. The first kappa shape index (κ1) is 22.0. The summed E-state index contributed by atoms with van der Waals surface area (Å²) in [6, 6.07) is 8.18. The predicted molar refractivity (Wildman–Crippen MR) is 113 cm³/mol. The van der Waals surface area contributed by atoms with Crippen molar-refractivity contribution >= 4 is 29.9 Å². The van der Waals surface area contributed by atoms with Gasteiger partial charge in [0.25, 0.3) is 0 Å². The lowest BCUT2D eigenvalue weighted by Gasteiger charge is -2.26. The van der Waals surface area contributed by atoms with Crippen LogP contribution in [0.4, 0.5) is 0 Å². The molecule has 0 unspecified atom stereocenters. The number of morpholine rings is 1. The van der Waals surface area contributed by atoms with E-state index < -0.39 is 0 Å². The third-order valence-corrected chi connectivity index (χ3v) is 3.88. The maximum absolute atomic E-state index is 5.67. The molecule has 2 N–H and O–H groups in total. The van der Waals surface area contributed by atoms with Crippen molar-refractivity contribution in [2.75, 3.05) is 53.0 Å². The van der Waals surface area contributed by atoms with Crippen molar-refractivity contribution < 1.29 is 9.47 Å². The summed E-state index contributed by atoms with van der Waals surface area (Å²) in [7, 11) is 1.80. The zero-order valence-corrected chi connectivity index (χ0v) is 17.6. The summed E-state index contributed by atoms with van der Waals surface area (Å²) in [5.41, 5.74) is 1.18. The van der Waals surface area contributed by atoms with E-state index in [0.29, 0.717) is 0 Å². The van der Waals surface area contributed by atoms with Gasteiger partial charge in [-0.1, -0.05) is 19.1 Å². The molecule has 0 bridgehead atoms. The first-order chi connectivity index (χ1) is 11.8. The normalized spacial score (nSPS) is 15.4. The molecule has 0 atom stereocenters. The van der Waals surface area contributed by atoms with Gasteiger partial charge < -0.3 is 20.1 Å². The van der Waals surface area contributed by atoms with Crippen LogP contribution in [-0.4, -0.2) is 63.9 Å². The van der Waals surface area contributed by atoms with E-state index in [1.807, 2.05) is 12.1 Å². The van der Waals surface area contributed by atoms with Crippen LogP contribution in [0, 0.1) is 0 Å². The summed E-state index contributed by atoms with van der Waals surface area (Å²) in [6.45, 7) is 9.16. The van der Waals surface area contributed by atoms with Crippen LogP contribution in [0.25, 0.3) is 0 Å². The van der Waals surface area contributed by atoms with E-state index in [2.05, 4.69) is 39.6 Å². The molecule has 1 aromatic rings. The molecule has 2 rings (SSSR count). The van der Waals surface area contributed by atoms with E-state index in [4.69, 9.17) is 9.47 Å². The van der Waals surface area contributed by atoms with Crippen molar-refractivity contribution in [3.63, 3.8) is 0 Å². The second-order valence-electron chi connectivity index (χ2n) is 5.80. The minimum Gasteiger partial charge on any atom is -0.494 e. The topological polar surface area (TPSA) is 58.1 Å². The Morgan fingerprint density at radius 2 is 2.08 bits per heavy atom. The summed E-state index contributed by atoms with van der Waals surface area (Å²) >= 11 is 0. The second-order valence-corrected chi connectivity index (χ2v) is 5.80. The van der Waals surface area contributed by atoms with E-state index >= 15 is 0 Å². The highest BCUT2D eigenvalue weighted by molar-refractivity contribution is 14.0. The standard InChI is InChI=1S/C18H30N4O2.HI/c1-3-11-24-17-6-4-5-16(14-17)15-21-18(19-2)20-7-8-22-9-12-23-13-10-22;/h4-6,14H,3,7-13,15H2,1-2H3,(H2,19,20,21);1H. The molecule has 1 aliphatic heterocycles. The molecule has 1 saturated heterocycles. The largest absolute Gasteiger partial charge is 0.494 e. The van der Waals surface area contributed by atoms with Crippen molar-refractivity contribution in [2.45, 2.75) is 19.9 Å². The van der Waals surface area contributed by atoms with Gasteiger partial charge in [-0.25, -0.2) is 0 Å². The van der Waals surface area contributed by atoms with Crippen molar-refractivity contribution in [1.29, 1.82) is 0 Å². The molecule has 1 aliphatic rings. The van der Waals surface area contributed by atoms with Gasteiger partial charge in [-0.2, -0.15) is 0 Å². The second kappa shape index (κ2) is 13.2. The molecule has 0 saturated carbocycles. The molecule has 0 aromatic heterocycles. The lowest BCUT2D eigenvalue weighted by Crippen LogP contribution is -2.44. The van der Waals surface area contributed by atoms with E-state index in [9.17, 15) is 0 Å². The van der Waals surface area contributed by atoms with Gasteiger partial charge in [0.05, 0.1) is 19.8 Å². The molecule has 0 radical (unpaired) electrons. The fourth-order valence-corrected chi connectivity index (χ4v) is 2.53. The van der Waals surface area contributed by atoms with Crippen molar-refractivity contribution in [1.82, 2.24) is 15.5 Å². The Morgan fingerprint density at radius 1 is 1.28 bits per heavy atom. The first-order valence-electron chi connectivity index (χ1n) is 8.78.